The number of nitrogens with zero attached hydrogens (tertiary/aromatic N) is 2. The molecule has 2 N–H and O–H groups in total. The summed E-state index contributed by atoms with van der Waals surface area (Å²) in [4.78, 5) is 40.9. The fourth-order valence-electron chi connectivity index (χ4n) is 4.82. The zero-order valence-electron chi connectivity index (χ0n) is 19.3. The quantitative estimate of drug-likeness (QED) is 0.554. The van der Waals surface area contributed by atoms with Gasteiger partial charge in [-0.1, -0.05) is 60.7 Å². The van der Waals surface area contributed by atoms with Gasteiger partial charge in [0.15, 0.2) is 12.2 Å². The highest BCUT2D eigenvalue weighted by Crippen LogP contribution is 2.33. The van der Waals surface area contributed by atoms with Crippen molar-refractivity contribution >= 4 is 17.8 Å². The lowest BCUT2D eigenvalue weighted by Gasteiger charge is -2.26. The van der Waals surface area contributed by atoms with E-state index < -0.39 is 24.1 Å². The van der Waals surface area contributed by atoms with Gasteiger partial charge in [-0.2, -0.15) is 0 Å². The number of carbonyl (C=O) groups is 3. The second-order valence-electron chi connectivity index (χ2n) is 8.74. The van der Waals surface area contributed by atoms with E-state index in [4.69, 9.17) is 15.2 Å². The van der Waals surface area contributed by atoms with Gasteiger partial charge in [-0.3, -0.25) is 9.59 Å². The Labute approximate surface area is 203 Å². The molecular formula is C27H27N3O5. The third kappa shape index (κ3) is 4.44. The number of fused-ring (bicyclic) bond motifs is 1. The van der Waals surface area contributed by atoms with Gasteiger partial charge in [-0.15, -0.1) is 0 Å². The van der Waals surface area contributed by atoms with Gasteiger partial charge in [0, 0.05) is 19.6 Å². The summed E-state index contributed by atoms with van der Waals surface area (Å²) < 4.78 is 13.3. The Morgan fingerprint density at radius 1 is 0.914 bits per heavy atom. The summed E-state index contributed by atoms with van der Waals surface area (Å²) in [6, 6.07) is 20.4. The number of primary amides is 1. The van der Waals surface area contributed by atoms with Crippen molar-refractivity contribution in [2.75, 3.05) is 19.7 Å². The molecule has 0 saturated carbocycles. The molecule has 8 nitrogen and oxygen atoms in total. The van der Waals surface area contributed by atoms with Crippen LogP contribution in [0, 0.1) is 0 Å². The topological polar surface area (TPSA) is 104 Å². The molecule has 3 heterocycles. The van der Waals surface area contributed by atoms with Crippen LogP contribution in [-0.4, -0.2) is 46.9 Å². The second-order valence-corrected chi connectivity index (χ2v) is 8.74. The largest absolute Gasteiger partial charge is 0.449 e. The number of hydrogen-bond acceptors (Lipinski definition) is 5. The summed E-state index contributed by atoms with van der Waals surface area (Å²) in [5.41, 5.74) is 7.96. The Bertz CT molecular complexity index is 1190. The molecule has 0 radical (unpaired) electrons. The van der Waals surface area contributed by atoms with Crippen LogP contribution in [0.1, 0.15) is 62.7 Å². The van der Waals surface area contributed by atoms with Gasteiger partial charge in [-0.05, 0) is 30.0 Å². The maximum Gasteiger partial charge on any atom is 0.341 e. The molecule has 5 rings (SSSR count). The summed E-state index contributed by atoms with van der Waals surface area (Å²) in [6.45, 7) is 1.88. The Morgan fingerprint density at radius 2 is 1.51 bits per heavy atom. The van der Waals surface area contributed by atoms with Crippen molar-refractivity contribution < 1.29 is 23.9 Å². The van der Waals surface area contributed by atoms with Crippen molar-refractivity contribution in [1.82, 2.24) is 9.47 Å². The van der Waals surface area contributed by atoms with Gasteiger partial charge in [0.25, 0.3) is 11.8 Å². The summed E-state index contributed by atoms with van der Waals surface area (Å²) >= 11 is 0. The Hall–Kier alpha value is -3.91. The van der Waals surface area contributed by atoms with E-state index in [0.717, 1.165) is 24.0 Å². The number of carbonyl (C=O) groups excluding carboxylic acids is 3. The number of aromatic nitrogens is 1. The second kappa shape index (κ2) is 9.76. The smallest absolute Gasteiger partial charge is 0.341 e. The number of rotatable bonds is 6. The number of ether oxygens (including phenoxy) is 2. The monoisotopic (exact) mass is 473 g/mol. The summed E-state index contributed by atoms with van der Waals surface area (Å²) in [6.07, 6.45) is 0.0711. The first-order valence-corrected chi connectivity index (χ1v) is 11.8. The van der Waals surface area contributed by atoms with Crippen molar-refractivity contribution in [2.45, 2.75) is 31.6 Å². The molecule has 0 spiro atoms. The van der Waals surface area contributed by atoms with Gasteiger partial charge in [0.05, 0.1) is 17.9 Å². The molecule has 1 aromatic heterocycles. The summed E-state index contributed by atoms with van der Waals surface area (Å²) in [5, 5.41) is 0. The van der Waals surface area contributed by atoms with Gasteiger partial charge in [0.1, 0.15) is 5.69 Å². The predicted octanol–water partition coefficient (Wildman–Crippen LogP) is 3.23. The molecule has 1 atom stereocenters. The number of esters is 1. The fourth-order valence-corrected chi connectivity index (χ4v) is 4.82. The lowest BCUT2D eigenvalue weighted by molar-refractivity contribution is -0.132. The van der Waals surface area contributed by atoms with Crippen molar-refractivity contribution in [3.8, 4) is 0 Å². The van der Waals surface area contributed by atoms with E-state index >= 15 is 0 Å². The highest BCUT2D eigenvalue weighted by Gasteiger charge is 2.37. The van der Waals surface area contributed by atoms with Crippen LogP contribution >= 0.6 is 0 Å². The minimum Gasteiger partial charge on any atom is -0.449 e. The van der Waals surface area contributed by atoms with Crippen LogP contribution in [0.2, 0.25) is 0 Å². The van der Waals surface area contributed by atoms with Gasteiger partial charge >= 0.3 is 5.97 Å². The standard InChI is InChI=1S/C27H27N3O5/c28-25(31)24-22-20(17-21(30(22)15-16-34-24)26(32)29-13-7-8-14-29)27(33)35-23(18-9-3-1-4-10-18)19-11-5-2-6-12-19/h1-6,9-12,17,23-24H,7-8,13-16H2,(H2,28,31). The number of hydrogen-bond donors (Lipinski definition) is 1. The van der Waals surface area contributed by atoms with Crippen LogP contribution in [0.25, 0.3) is 0 Å². The first-order valence-electron chi connectivity index (χ1n) is 11.8. The first kappa shape index (κ1) is 22.9. The number of nitrogens with two attached hydrogens (primary N) is 1. The third-order valence-electron chi connectivity index (χ3n) is 6.51. The lowest BCUT2D eigenvalue weighted by Crippen LogP contribution is -2.35. The van der Waals surface area contributed by atoms with Gasteiger partial charge in [0.2, 0.25) is 0 Å². The van der Waals surface area contributed by atoms with Crippen LogP contribution in [0.15, 0.2) is 66.7 Å². The van der Waals surface area contributed by atoms with E-state index in [1.54, 1.807) is 9.47 Å². The molecule has 2 amide bonds. The molecule has 0 bridgehead atoms. The highest BCUT2D eigenvalue weighted by molar-refractivity contribution is 6.00. The van der Waals surface area contributed by atoms with E-state index in [2.05, 4.69) is 0 Å². The first-order chi connectivity index (χ1) is 17.0. The van der Waals surface area contributed by atoms with Crippen LogP contribution in [0.4, 0.5) is 0 Å². The van der Waals surface area contributed by atoms with Crippen LogP contribution < -0.4 is 5.73 Å². The summed E-state index contributed by atoms with van der Waals surface area (Å²) in [7, 11) is 0. The van der Waals surface area contributed by atoms with Crippen molar-refractivity contribution in [1.29, 1.82) is 0 Å². The van der Waals surface area contributed by atoms with Crippen molar-refractivity contribution in [3.05, 3.63) is 94.8 Å². The fraction of sp³-hybridized carbons (Fsp3) is 0.296. The Morgan fingerprint density at radius 3 is 2.09 bits per heavy atom. The Balaban J connectivity index is 1.55. The SMILES string of the molecule is NC(=O)C1OCCn2c(C(=O)N3CCCC3)cc(C(=O)OC(c3ccccc3)c3ccccc3)c21. The van der Waals surface area contributed by atoms with Crippen molar-refractivity contribution in [3.63, 3.8) is 0 Å². The van der Waals surface area contributed by atoms with E-state index in [1.807, 2.05) is 60.7 Å². The van der Waals surface area contributed by atoms with E-state index in [-0.39, 0.29) is 23.8 Å². The Kier molecular flexibility index (Phi) is 6.37. The maximum absolute atomic E-state index is 13.6. The minimum absolute atomic E-state index is 0.118. The molecule has 0 aliphatic carbocycles. The summed E-state index contributed by atoms with van der Waals surface area (Å²) in [5.74, 6) is -1.54. The molecule has 1 saturated heterocycles. The van der Waals surface area contributed by atoms with Crippen molar-refractivity contribution in [2.24, 2.45) is 5.73 Å². The molecule has 3 aromatic rings. The number of amides is 2. The molecule has 1 fully saturated rings. The van der Waals surface area contributed by atoms with Gasteiger partial charge < -0.3 is 24.7 Å². The zero-order chi connectivity index (χ0) is 24.4. The normalized spacial score (nSPS) is 17.3. The van der Waals surface area contributed by atoms with E-state index in [1.165, 1.54) is 6.07 Å². The lowest BCUT2D eigenvalue weighted by atomic mass is 10.0. The zero-order valence-corrected chi connectivity index (χ0v) is 19.3. The molecule has 180 valence electrons. The van der Waals surface area contributed by atoms with E-state index in [9.17, 15) is 14.4 Å². The molecule has 2 aromatic carbocycles. The average molecular weight is 474 g/mol. The molecular weight excluding hydrogens is 446 g/mol. The molecule has 8 heteroatoms. The predicted molar refractivity (Wildman–Crippen MR) is 128 cm³/mol. The minimum atomic E-state index is -1.14. The number of benzene rings is 2. The number of likely N-dealkylation sites (tertiary alicyclic amines) is 1. The highest BCUT2D eigenvalue weighted by atomic mass is 16.5. The van der Waals surface area contributed by atoms with Crippen LogP contribution in [-0.2, 0) is 20.8 Å². The third-order valence-corrected chi connectivity index (χ3v) is 6.51. The average Bonchev–Trinajstić information content (AvgIpc) is 3.56. The molecule has 2 aliphatic rings. The van der Waals surface area contributed by atoms with Gasteiger partial charge in [-0.25, -0.2) is 4.79 Å². The maximum atomic E-state index is 13.6. The molecule has 35 heavy (non-hydrogen) atoms. The van der Waals surface area contributed by atoms with E-state index in [0.29, 0.717) is 25.3 Å². The van der Waals surface area contributed by atoms with Crippen LogP contribution in [0.5, 0.6) is 0 Å². The molecule has 2 aliphatic heterocycles. The molecule has 1 unspecified atom stereocenters. The van der Waals surface area contributed by atoms with Crippen LogP contribution in [0.3, 0.4) is 0 Å².